The minimum absolute atomic E-state index is 0.127. The van der Waals surface area contributed by atoms with Crippen LogP contribution in [-0.4, -0.2) is 29.9 Å². The second kappa shape index (κ2) is 10.0. The fourth-order valence-electron chi connectivity index (χ4n) is 2.62. The Labute approximate surface area is 166 Å². The molecule has 1 atom stereocenters. The number of carbonyl (C=O) groups is 1. The first kappa shape index (κ1) is 24.8. The number of nitrogens with one attached hydrogen (secondary N) is 1. The Morgan fingerprint density at radius 2 is 1.50 bits per heavy atom. The van der Waals surface area contributed by atoms with E-state index in [1.807, 2.05) is 0 Å². The van der Waals surface area contributed by atoms with Crippen molar-refractivity contribution >= 4 is 6.16 Å². The SMILES string of the molecule is CCO.COC(=O)OC1=C(C)NC(C)=C([N+](=O)[O-])C1c1c(F)c(F)c(F)c(F)c1F. The summed E-state index contributed by atoms with van der Waals surface area (Å²) in [5.74, 6) is -14.5. The molecule has 2 rings (SSSR count). The van der Waals surface area contributed by atoms with Gasteiger partial charge in [-0.25, -0.2) is 26.7 Å². The number of allylic oxidation sites excluding steroid dienone is 2. The van der Waals surface area contributed by atoms with Gasteiger partial charge < -0.3 is 19.9 Å². The molecule has 13 heteroatoms. The monoisotopic (exact) mass is 440 g/mol. The molecule has 2 N–H and O–H groups in total. The van der Waals surface area contributed by atoms with Gasteiger partial charge in [-0.3, -0.25) is 10.1 Å². The van der Waals surface area contributed by atoms with Gasteiger partial charge in [-0.2, -0.15) is 0 Å². The van der Waals surface area contributed by atoms with Crippen LogP contribution in [0, 0.1) is 39.2 Å². The smallest absolute Gasteiger partial charge is 0.437 e. The number of nitrogens with zero attached hydrogens (tertiary/aromatic N) is 1. The highest BCUT2D eigenvalue weighted by atomic mass is 19.2. The molecule has 1 aromatic carbocycles. The third-order valence-electron chi connectivity index (χ3n) is 3.75. The van der Waals surface area contributed by atoms with Crippen LogP contribution in [0.25, 0.3) is 0 Å². The van der Waals surface area contributed by atoms with Crippen molar-refractivity contribution in [1.82, 2.24) is 5.32 Å². The van der Waals surface area contributed by atoms with Crippen molar-refractivity contribution in [3.63, 3.8) is 0 Å². The number of hydrogen-bond acceptors (Lipinski definition) is 7. The fraction of sp³-hybridized carbons (Fsp3) is 0.353. The molecule has 1 aliphatic rings. The van der Waals surface area contributed by atoms with E-state index >= 15 is 0 Å². The molecule has 1 heterocycles. The average molecular weight is 440 g/mol. The molecule has 0 spiro atoms. The van der Waals surface area contributed by atoms with Gasteiger partial charge in [0.05, 0.1) is 29.0 Å². The second-order valence-electron chi connectivity index (χ2n) is 5.67. The predicted octanol–water partition coefficient (Wildman–Crippen LogP) is 3.59. The Morgan fingerprint density at radius 1 is 1.07 bits per heavy atom. The number of carbonyl (C=O) groups excluding carboxylic acids is 1. The summed E-state index contributed by atoms with van der Waals surface area (Å²) in [6.07, 6.45) is -1.41. The molecular weight excluding hydrogens is 423 g/mol. The van der Waals surface area contributed by atoms with Crippen LogP contribution in [0.3, 0.4) is 0 Å². The maximum atomic E-state index is 14.3. The van der Waals surface area contributed by atoms with Gasteiger partial charge in [0.25, 0.3) is 5.70 Å². The number of ether oxygens (including phenoxy) is 2. The van der Waals surface area contributed by atoms with Gasteiger partial charge >= 0.3 is 6.16 Å². The van der Waals surface area contributed by atoms with Crippen LogP contribution in [0.5, 0.6) is 0 Å². The molecule has 0 saturated heterocycles. The van der Waals surface area contributed by atoms with E-state index in [9.17, 15) is 36.9 Å². The van der Waals surface area contributed by atoms with E-state index in [4.69, 9.17) is 9.84 Å². The molecule has 1 unspecified atom stereocenters. The highest BCUT2D eigenvalue weighted by molar-refractivity contribution is 5.62. The number of aliphatic hydroxyl groups excluding tert-OH is 1. The summed E-state index contributed by atoms with van der Waals surface area (Å²) in [5.41, 5.74) is -2.87. The third kappa shape index (κ3) is 4.67. The Kier molecular flexibility index (Phi) is 8.28. The largest absolute Gasteiger partial charge is 0.513 e. The number of methoxy groups -OCH3 is 1. The first-order chi connectivity index (χ1) is 13.9. The number of aliphatic hydroxyl groups is 1. The van der Waals surface area contributed by atoms with Crippen LogP contribution in [-0.2, 0) is 9.47 Å². The minimum Gasteiger partial charge on any atom is -0.437 e. The van der Waals surface area contributed by atoms with Crippen molar-refractivity contribution in [2.24, 2.45) is 0 Å². The minimum atomic E-state index is -2.43. The summed E-state index contributed by atoms with van der Waals surface area (Å²) in [6.45, 7) is 4.30. The molecule has 1 aliphatic heterocycles. The van der Waals surface area contributed by atoms with Crippen LogP contribution in [0.2, 0.25) is 0 Å². The van der Waals surface area contributed by atoms with Gasteiger partial charge in [0.15, 0.2) is 23.3 Å². The predicted molar refractivity (Wildman–Crippen MR) is 90.8 cm³/mol. The van der Waals surface area contributed by atoms with Gasteiger partial charge in [-0.15, -0.1) is 0 Å². The first-order valence-corrected chi connectivity index (χ1v) is 8.15. The number of halogens is 5. The number of hydrogen-bond donors (Lipinski definition) is 2. The van der Waals surface area contributed by atoms with Crippen LogP contribution < -0.4 is 5.32 Å². The lowest BCUT2D eigenvalue weighted by atomic mass is 9.88. The highest BCUT2D eigenvalue weighted by Crippen LogP contribution is 2.42. The van der Waals surface area contributed by atoms with Gasteiger partial charge in [0.2, 0.25) is 5.82 Å². The normalized spacial score (nSPS) is 15.9. The zero-order valence-electron chi connectivity index (χ0n) is 16.1. The van der Waals surface area contributed by atoms with Crippen LogP contribution >= 0.6 is 0 Å². The van der Waals surface area contributed by atoms with E-state index in [1.54, 1.807) is 6.92 Å². The van der Waals surface area contributed by atoms with E-state index in [0.29, 0.717) is 0 Å². The Morgan fingerprint density at radius 3 is 1.90 bits per heavy atom. The second-order valence-corrected chi connectivity index (χ2v) is 5.67. The summed E-state index contributed by atoms with van der Waals surface area (Å²) >= 11 is 0. The lowest BCUT2D eigenvalue weighted by molar-refractivity contribution is -0.431. The van der Waals surface area contributed by atoms with Crippen molar-refractivity contribution in [3.8, 4) is 0 Å². The Bertz CT molecular complexity index is 903. The van der Waals surface area contributed by atoms with Gasteiger partial charge in [-0.1, -0.05) is 0 Å². The highest BCUT2D eigenvalue weighted by Gasteiger charge is 2.45. The van der Waals surface area contributed by atoms with Crippen molar-refractivity contribution in [3.05, 3.63) is 67.6 Å². The molecule has 30 heavy (non-hydrogen) atoms. The van der Waals surface area contributed by atoms with Crippen LogP contribution in [0.1, 0.15) is 32.3 Å². The number of benzene rings is 1. The van der Waals surface area contributed by atoms with Crippen molar-refractivity contribution in [1.29, 1.82) is 0 Å². The zero-order valence-corrected chi connectivity index (χ0v) is 16.1. The molecule has 0 saturated carbocycles. The van der Waals surface area contributed by atoms with Crippen LogP contribution in [0.15, 0.2) is 22.9 Å². The van der Waals surface area contributed by atoms with E-state index in [1.165, 1.54) is 6.92 Å². The molecule has 0 fully saturated rings. The number of nitro groups is 1. The van der Waals surface area contributed by atoms with E-state index in [0.717, 1.165) is 14.0 Å². The molecular formula is C17H17F5N2O6. The van der Waals surface area contributed by atoms with Gasteiger partial charge in [0, 0.05) is 6.61 Å². The van der Waals surface area contributed by atoms with Crippen molar-refractivity contribution < 1.29 is 46.3 Å². The first-order valence-electron chi connectivity index (χ1n) is 8.15. The topological polar surface area (TPSA) is 111 Å². The zero-order chi connectivity index (χ0) is 23.3. The van der Waals surface area contributed by atoms with E-state index in [-0.39, 0.29) is 18.0 Å². The number of rotatable bonds is 3. The Balaban J connectivity index is 0.00000141. The van der Waals surface area contributed by atoms with Crippen molar-refractivity contribution in [2.45, 2.75) is 26.7 Å². The van der Waals surface area contributed by atoms with Crippen LogP contribution in [0.4, 0.5) is 26.7 Å². The Hall–Kier alpha value is -3.22. The average Bonchev–Trinajstić information content (AvgIpc) is 2.67. The molecule has 0 aromatic heterocycles. The third-order valence-corrected chi connectivity index (χ3v) is 3.75. The lowest BCUT2D eigenvalue weighted by Crippen LogP contribution is -2.31. The molecule has 0 amide bonds. The fourth-order valence-corrected chi connectivity index (χ4v) is 2.62. The summed E-state index contributed by atoms with van der Waals surface area (Å²) in [4.78, 5) is 21.8. The quantitative estimate of drug-likeness (QED) is 0.185. The summed E-state index contributed by atoms with van der Waals surface area (Å²) in [6, 6.07) is 0. The molecule has 1 aromatic rings. The molecule has 0 bridgehead atoms. The summed E-state index contributed by atoms with van der Waals surface area (Å²) in [5, 5.41) is 21.4. The van der Waals surface area contributed by atoms with Gasteiger partial charge in [0.1, 0.15) is 11.7 Å². The molecule has 0 radical (unpaired) electrons. The maximum absolute atomic E-state index is 14.3. The standard InChI is InChI=1S/C15H11F5N2O5.C2H6O/c1-4-13(22(24)25)7(14(5(2)21-4)27-15(23)26-3)6-8(16)10(18)12(20)11(19)9(6)17;1-2-3/h7,21H,1-3H3;3H,2H2,1H3. The molecule has 8 nitrogen and oxygen atoms in total. The number of dihydropyridines is 1. The molecule has 166 valence electrons. The van der Waals surface area contributed by atoms with E-state index in [2.05, 4.69) is 10.1 Å². The van der Waals surface area contributed by atoms with Crippen molar-refractivity contribution in [2.75, 3.05) is 13.7 Å². The molecule has 0 aliphatic carbocycles. The van der Waals surface area contributed by atoms with Gasteiger partial charge in [-0.05, 0) is 20.8 Å². The van der Waals surface area contributed by atoms with E-state index < -0.39 is 63.1 Å². The summed E-state index contributed by atoms with van der Waals surface area (Å²) < 4.78 is 78.1. The lowest BCUT2D eigenvalue weighted by Gasteiger charge is -2.26. The maximum Gasteiger partial charge on any atom is 0.513 e. The summed E-state index contributed by atoms with van der Waals surface area (Å²) in [7, 11) is 0.886.